The van der Waals surface area contributed by atoms with Gasteiger partial charge in [0.15, 0.2) is 0 Å². The first-order chi connectivity index (χ1) is 9.70. The Morgan fingerprint density at radius 1 is 1.35 bits per heavy atom. The topological polar surface area (TPSA) is 65.5 Å². The number of hydrogen-bond acceptors (Lipinski definition) is 5. The first-order valence-corrected chi connectivity index (χ1v) is 7.81. The molecule has 1 aliphatic heterocycles. The predicted octanol–water partition coefficient (Wildman–Crippen LogP) is 0.427. The number of carbonyl (C=O) groups is 2. The molecule has 0 unspecified atom stereocenters. The van der Waals surface area contributed by atoms with Crippen LogP contribution in [0.15, 0.2) is 10.9 Å². The van der Waals surface area contributed by atoms with Crippen LogP contribution in [0.25, 0.3) is 0 Å². The average molecular weight is 296 g/mol. The number of nitrogens with one attached hydrogen (secondary N) is 1. The van der Waals surface area contributed by atoms with Gasteiger partial charge in [-0.1, -0.05) is 6.92 Å². The molecule has 0 spiro atoms. The third kappa shape index (κ3) is 4.01. The van der Waals surface area contributed by atoms with Gasteiger partial charge in [0.1, 0.15) is 5.69 Å². The summed E-state index contributed by atoms with van der Waals surface area (Å²) in [6.07, 6.45) is 0.946. The van der Waals surface area contributed by atoms with Crippen LogP contribution in [0.2, 0.25) is 0 Å². The first kappa shape index (κ1) is 14.9. The number of thiazole rings is 1. The Morgan fingerprint density at radius 2 is 2.10 bits per heavy atom. The number of nitrogens with zero attached hydrogens (tertiary/aromatic N) is 3. The third-order valence-electron chi connectivity index (χ3n) is 3.25. The molecule has 2 heterocycles. The van der Waals surface area contributed by atoms with Gasteiger partial charge in [-0.05, 0) is 6.42 Å². The summed E-state index contributed by atoms with van der Waals surface area (Å²) in [6.45, 7) is 5.93. The molecule has 0 saturated carbocycles. The largest absolute Gasteiger partial charge is 0.355 e. The summed E-state index contributed by atoms with van der Waals surface area (Å²) in [5, 5.41) is 4.64. The van der Waals surface area contributed by atoms with Crippen molar-refractivity contribution in [2.24, 2.45) is 0 Å². The molecule has 1 saturated heterocycles. The van der Waals surface area contributed by atoms with Gasteiger partial charge in [-0.25, -0.2) is 4.98 Å². The average Bonchev–Trinajstić information content (AvgIpc) is 2.99. The lowest BCUT2D eigenvalue weighted by Gasteiger charge is -2.33. The van der Waals surface area contributed by atoms with Crippen LogP contribution in [0.1, 0.15) is 23.8 Å². The summed E-state index contributed by atoms with van der Waals surface area (Å²) >= 11 is 1.43. The van der Waals surface area contributed by atoms with E-state index in [-0.39, 0.29) is 11.8 Å². The summed E-state index contributed by atoms with van der Waals surface area (Å²) in [5.41, 5.74) is 2.19. The second-order valence-corrected chi connectivity index (χ2v) is 5.51. The quantitative estimate of drug-likeness (QED) is 0.855. The van der Waals surface area contributed by atoms with Crippen molar-refractivity contribution < 1.29 is 9.59 Å². The fourth-order valence-corrected chi connectivity index (χ4v) is 2.64. The molecule has 2 amide bonds. The van der Waals surface area contributed by atoms with Crippen molar-refractivity contribution in [2.75, 3.05) is 39.3 Å². The number of carbonyl (C=O) groups excluding carboxylic acids is 2. The predicted molar refractivity (Wildman–Crippen MR) is 77.8 cm³/mol. The summed E-state index contributed by atoms with van der Waals surface area (Å²) < 4.78 is 0. The van der Waals surface area contributed by atoms with Crippen molar-refractivity contribution in [3.8, 4) is 0 Å². The van der Waals surface area contributed by atoms with E-state index in [0.717, 1.165) is 26.1 Å². The Labute approximate surface area is 122 Å². The van der Waals surface area contributed by atoms with Gasteiger partial charge in [-0.15, -0.1) is 11.3 Å². The lowest BCUT2D eigenvalue weighted by molar-refractivity contribution is -0.122. The minimum Gasteiger partial charge on any atom is -0.355 e. The third-order valence-corrected chi connectivity index (χ3v) is 3.84. The maximum Gasteiger partial charge on any atom is 0.273 e. The molecule has 6 nitrogen and oxygen atoms in total. The van der Waals surface area contributed by atoms with E-state index in [1.165, 1.54) is 11.3 Å². The first-order valence-electron chi connectivity index (χ1n) is 6.87. The van der Waals surface area contributed by atoms with Crippen LogP contribution in [0, 0.1) is 0 Å². The van der Waals surface area contributed by atoms with Crippen molar-refractivity contribution in [1.29, 1.82) is 0 Å². The van der Waals surface area contributed by atoms with Crippen LogP contribution in [-0.4, -0.2) is 65.9 Å². The Morgan fingerprint density at radius 3 is 2.70 bits per heavy atom. The van der Waals surface area contributed by atoms with E-state index in [0.29, 0.717) is 25.3 Å². The number of aromatic nitrogens is 1. The van der Waals surface area contributed by atoms with Crippen molar-refractivity contribution in [3.63, 3.8) is 0 Å². The van der Waals surface area contributed by atoms with Gasteiger partial charge >= 0.3 is 0 Å². The van der Waals surface area contributed by atoms with Crippen molar-refractivity contribution in [3.05, 3.63) is 16.6 Å². The fourth-order valence-electron chi connectivity index (χ4n) is 2.11. The van der Waals surface area contributed by atoms with E-state index in [1.54, 1.807) is 15.8 Å². The standard InChI is InChI=1S/C13H20N4O2S/c1-2-3-14-12(18)8-16-4-6-17(7-5-16)13(19)11-9-20-10-15-11/h9-10H,2-8H2,1H3,(H,14,18). The van der Waals surface area contributed by atoms with E-state index in [1.807, 2.05) is 6.92 Å². The summed E-state index contributed by atoms with van der Waals surface area (Å²) in [6, 6.07) is 0. The second-order valence-electron chi connectivity index (χ2n) is 4.79. The highest BCUT2D eigenvalue weighted by Gasteiger charge is 2.23. The van der Waals surface area contributed by atoms with Crippen LogP contribution in [0.3, 0.4) is 0 Å². The van der Waals surface area contributed by atoms with E-state index in [2.05, 4.69) is 15.2 Å². The molecule has 0 atom stereocenters. The van der Waals surface area contributed by atoms with Gasteiger partial charge in [0.25, 0.3) is 5.91 Å². The molecule has 110 valence electrons. The van der Waals surface area contributed by atoms with Gasteiger partial charge in [0, 0.05) is 38.1 Å². The summed E-state index contributed by atoms with van der Waals surface area (Å²) in [4.78, 5) is 31.7. The van der Waals surface area contributed by atoms with Crippen molar-refractivity contribution in [1.82, 2.24) is 20.1 Å². The zero-order chi connectivity index (χ0) is 14.4. The number of rotatable bonds is 5. The van der Waals surface area contributed by atoms with Crippen LogP contribution in [0.5, 0.6) is 0 Å². The van der Waals surface area contributed by atoms with E-state index in [9.17, 15) is 9.59 Å². The molecule has 1 fully saturated rings. The monoisotopic (exact) mass is 296 g/mol. The van der Waals surface area contributed by atoms with Crippen LogP contribution in [-0.2, 0) is 4.79 Å². The van der Waals surface area contributed by atoms with Gasteiger partial charge in [0.05, 0.1) is 12.1 Å². The molecule has 20 heavy (non-hydrogen) atoms. The minimum atomic E-state index is -0.0127. The Kier molecular flexibility index (Phi) is 5.49. The fraction of sp³-hybridized carbons (Fsp3) is 0.615. The molecule has 0 aliphatic carbocycles. The number of piperazine rings is 1. The maximum absolute atomic E-state index is 12.1. The van der Waals surface area contributed by atoms with E-state index < -0.39 is 0 Å². The highest BCUT2D eigenvalue weighted by molar-refractivity contribution is 7.07. The van der Waals surface area contributed by atoms with Gasteiger partial charge < -0.3 is 10.2 Å². The summed E-state index contributed by atoms with van der Waals surface area (Å²) in [5.74, 6) is 0.0486. The van der Waals surface area contributed by atoms with E-state index >= 15 is 0 Å². The minimum absolute atomic E-state index is 0.0127. The number of hydrogen-bond donors (Lipinski definition) is 1. The molecule has 0 radical (unpaired) electrons. The lowest BCUT2D eigenvalue weighted by Crippen LogP contribution is -2.51. The van der Waals surface area contributed by atoms with Crippen LogP contribution >= 0.6 is 11.3 Å². The molecular weight excluding hydrogens is 276 g/mol. The summed E-state index contributed by atoms with van der Waals surface area (Å²) in [7, 11) is 0. The Hall–Kier alpha value is -1.47. The van der Waals surface area contributed by atoms with Gasteiger partial charge in [-0.2, -0.15) is 0 Å². The lowest BCUT2D eigenvalue weighted by atomic mass is 10.3. The smallest absolute Gasteiger partial charge is 0.273 e. The van der Waals surface area contributed by atoms with E-state index in [4.69, 9.17) is 0 Å². The molecular formula is C13H20N4O2S. The Bertz CT molecular complexity index is 441. The number of amides is 2. The molecule has 1 aromatic rings. The van der Waals surface area contributed by atoms with Crippen LogP contribution in [0.4, 0.5) is 0 Å². The second kappa shape index (κ2) is 7.35. The molecule has 0 aromatic carbocycles. The zero-order valence-corrected chi connectivity index (χ0v) is 12.5. The van der Waals surface area contributed by atoms with Crippen LogP contribution < -0.4 is 5.32 Å². The molecule has 1 N–H and O–H groups in total. The highest BCUT2D eigenvalue weighted by atomic mass is 32.1. The van der Waals surface area contributed by atoms with Gasteiger partial charge in [-0.3, -0.25) is 14.5 Å². The molecule has 2 rings (SSSR count). The normalized spacial score (nSPS) is 16.1. The SMILES string of the molecule is CCCNC(=O)CN1CCN(C(=O)c2cscn2)CC1. The molecule has 1 aliphatic rings. The molecule has 1 aromatic heterocycles. The highest BCUT2D eigenvalue weighted by Crippen LogP contribution is 2.09. The Balaban J connectivity index is 1.75. The van der Waals surface area contributed by atoms with Crippen molar-refractivity contribution >= 4 is 23.2 Å². The van der Waals surface area contributed by atoms with Gasteiger partial charge in [0.2, 0.25) is 5.91 Å². The maximum atomic E-state index is 12.1. The molecule has 7 heteroatoms. The molecule has 0 bridgehead atoms. The zero-order valence-electron chi connectivity index (χ0n) is 11.7. The van der Waals surface area contributed by atoms with Crippen molar-refractivity contribution in [2.45, 2.75) is 13.3 Å².